The van der Waals surface area contributed by atoms with Crippen molar-refractivity contribution in [1.82, 2.24) is 5.32 Å². The summed E-state index contributed by atoms with van der Waals surface area (Å²) in [5.41, 5.74) is 2.03. The van der Waals surface area contributed by atoms with E-state index in [2.05, 4.69) is 5.32 Å². The molecular weight excluding hydrogens is 162 g/mol. The second-order valence-corrected chi connectivity index (χ2v) is 2.94. The van der Waals surface area contributed by atoms with Crippen molar-refractivity contribution >= 4 is 0 Å². The molecule has 0 amide bonds. The fourth-order valence-corrected chi connectivity index (χ4v) is 0.831. The Bertz CT molecular complexity index is 224. The van der Waals surface area contributed by atoms with Crippen LogP contribution in [0.25, 0.3) is 0 Å². The SMILES string of the molecule is C/C=C(C)/C=C\C=C(/NC)[C@H](C)O. The zero-order valence-corrected chi connectivity index (χ0v) is 8.83. The zero-order chi connectivity index (χ0) is 10.3. The van der Waals surface area contributed by atoms with Crippen LogP contribution in [-0.4, -0.2) is 18.3 Å². The molecule has 0 aromatic heterocycles. The van der Waals surface area contributed by atoms with Gasteiger partial charge in [0.1, 0.15) is 0 Å². The molecular formula is C11H19NO. The van der Waals surface area contributed by atoms with Gasteiger partial charge in [0.05, 0.1) is 6.10 Å². The Morgan fingerprint density at radius 3 is 2.46 bits per heavy atom. The number of likely N-dealkylation sites (N-methyl/N-ethyl adjacent to an activating group) is 1. The first-order chi connectivity index (χ1) is 6.11. The average Bonchev–Trinajstić information content (AvgIpc) is 2.11. The number of aliphatic hydroxyl groups is 1. The van der Waals surface area contributed by atoms with Gasteiger partial charge in [0.15, 0.2) is 0 Å². The summed E-state index contributed by atoms with van der Waals surface area (Å²) < 4.78 is 0. The molecule has 2 heteroatoms. The summed E-state index contributed by atoms with van der Waals surface area (Å²) in [6.45, 7) is 5.77. The summed E-state index contributed by atoms with van der Waals surface area (Å²) in [5.74, 6) is 0. The van der Waals surface area contributed by atoms with Gasteiger partial charge in [0.25, 0.3) is 0 Å². The molecule has 0 aromatic carbocycles. The Labute approximate surface area is 80.7 Å². The third kappa shape index (κ3) is 5.26. The molecule has 0 bridgehead atoms. The molecule has 0 rings (SSSR count). The molecule has 0 radical (unpaired) electrons. The molecule has 0 unspecified atom stereocenters. The van der Waals surface area contributed by atoms with Crippen LogP contribution in [0, 0.1) is 0 Å². The van der Waals surface area contributed by atoms with Gasteiger partial charge in [-0.25, -0.2) is 0 Å². The van der Waals surface area contributed by atoms with E-state index in [0.29, 0.717) is 0 Å². The number of hydrogen-bond acceptors (Lipinski definition) is 2. The quantitative estimate of drug-likeness (QED) is 0.650. The van der Waals surface area contributed by atoms with Crippen molar-refractivity contribution in [3.63, 3.8) is 0 Å². The highest BCUT2D eigenvalue weighted by atomic mass is 16.3. The maximum atomic E-state index is 9.26. The minimum atomic E-state index is -0.444. The molecule has 0 heterocycles. The van der Waals surface area contributed by atoms with Crippen molar-refractivity contribution in [2.75, 3.05) is 7.05 Å². The number of nitrogens with one attached hydrogen (secondary N) is 1. The molecule has 0 aliphatic carbocycles. The first-order valence-electron chi connectivity index (χ1n) is 4.48. The van der Waals surface area contributed by atoms with Crippen LogP contribution in [0.3, 0.4) is 0 Å². The van der Waals surface area contributed by atoms with Gasteiger partial charge in [0, 0.05) is 12.7 Å². The number of rotatable bonds is 4. The van der Waals surface area contributed by atoms with E-state index < -0.39 is 6.10 Å². The first kappa shape index (κ1) is 12.0. The maximum absolute atomic E-state index is 9.26. The Kier molecular flexibility index (Phi) is 5.98. The smallest absolute Gasteiger partial charge is 0.0906 e. The largest absolute Gasteiger partial charge is 0.389 e. The molecule has 13 heavy (non-hydrogen) atoms. The van der Waals surface area contributed by atoms with Gasteiger partial charge in [-0.05, 0) is 26.8 Å². The summed E-state index contributed by atoms with van der Waals surface area (Å²) in [4.78, 5) is 0. The molecule has 2 nitrogen and oxygen atoms in total. The summed E-state index contributed by atoms with van der Waals surface area (Å²) in [6.07, 6.45) is 7.39. The predicted octanol–water partition coefficient (Wildman–Crippen LogP) is 1.99. The second kappa shape index (κ2) is 6.49. The molecule has 0 aliphatic rings. The van der Waals surface area contributed by atoms with E-state index in [0.717, 1.165) is 5.70 Å². The van der Waals surface area contributed by atoms with Gasteiger partial charge in [-0.2, -0.15) is 0 Å². The van der Waals surface area contributed by atoms with E-state index >= 15 is 0 Å². The van der Waals surface area contributed by atoms with E-state index in [-0.39, 0.29) is 0 Å². The average molecular weight is 181 g/mol. The maximum Gasteiger partial charge on any atom is 0.0906 e. The third-order valence-corrected chi connectivity index (χ3v) is 1.83. The van der Waals surface area contributed by atoms with E-state index in [1.165, 1.54) is 5.57 Å². The molecule has 0 saturated heterocycles. The molecule has 74 valence electrons. The van der Waals surface area contributed by atoms with Crippen molar-refractivity contribution in [2.45, 2.75) is 26.9 Å². The van der Waals surface area contributed by atoms with Gasteiger partial charge >= 0.3 is 0 Å². The standard InChI is InChI=1S/C11H19NO/c1-5-9(2)7-6-8-11(12-4)10(3)13/h5-8,10,12-13H,1-4H3/b7-6-,9-5+,11-8-/t10-/m0/s1. The molecule has 0 aromatic rings. The molecule has 0 fully saturated rings. The third-order valence-electron chi connectivity index (χ3n) is 1.83. The number of allylic oxidation sites excluding steroid dienone is 5. The van der Waals surface area contributed by atoms with Gasteiger partial charge in [-0.1, -0.05) is 23.8 Å². The van der Waals surface area contributed by atoms with Crippen molar-refractivity contribution in [2.24, 2.45) is 0 Å². The summed E-state index contributed by atoms with van der Waals surface area (Å²) in [6, 6.07) is 0. The van der Waals surface area contributed by atoms with E-state index in [4.69, 9.17) is 0 Å². The van der Waals surface area contributed by atoms with Crippen LogP contribution in [0.5, 0.6) is 0 Å². The van der Waals surface area contributed by atoms with Gasteiger partial charge in [0.2, 0.25) is 0 Å². The lowest BCUT2D eigenvalue weighted by atomic mass is 10.2. The van der Waals surface area contributed by atoms with Crippen molar-refractivity contribution in [3.8, 4) is 0 Å². The normalized spacial score (nSPS) is 16.4. The molecule has 1 atom stereocenters. The highest BCUT2D eigenvalue weighted by Crippen LogP contribution is 1.99. The van der Waals surface area contributed by atoms with E-state index in [1.807, 2.05) is 38.2 Å². The summed E-state index contributed by atoms with van der Waals surface area (Å²) in [5, 5.41) is 12.2. The monoisotopic (exact) mass is 181 g/mol. The highest BCUT2D eigenvalue weighted by molar-refractivity contribution is 5.22. The number of aliphatic hydroxyl groups excluding tert-OH is 1. The van der Waals surface area contributed by atoms with Crippen LogP contribution in [0.1, 0.15) is 20.8 Å². The van der Waals surface area contributed by atoms with Crippen LogP contribution in [0.4, 0.5) is 0 Å². The topological polar surface area (TPSA) is 32.3 Å². The lowest BCUT2D eigenvalue weighted by molar-refractivity contribution is 0.224. The van der Waals surface area contributed by atoms with Crippen LogP contribution >= 0.6 is 0 Å². The van der Waals surface area contributed by atoms with Crippen molar-refractivity contribution in [1.29, 1.82) is 0 Å². The van der Waals surface area contributed by atoms with E-state index in [9.17, 15) is 5.11 Å². The number of hydrogen-bond donors (Lipinski definition) is 2. The Hall–Kier alpha value is -1.02. The van der Waals surface area contributed by atoms with Crippen LogP contribution in [-0.2, 0) is 0 Å². The minimum absolute atomic E-state index is 0.444. The van der Waals surface area contributed by atoms with Gasteiger partial charge in [-0.3, -0.25) is 0 Å². The van der Waals surface area contributed by atoms with Crippen LogP contribution in [0.15, 0.2) is 35.6 Å². The Morgan fingerprint density at radius 2 is 2.08 bits per heavy atom. The molecule has 0 saturated carbocycles. The second-order valence-electron chi connectivity index (χ2n) is 2.94. The molecule has 0 aliphatic heterocycles. The van der Waals surface area contributed by atoms with Crippen LogP contribution < -0.4 is 5.32 Å². The van der Waals surface area contributed by atoms with E-state index in [1.54, 1.807) is 14.0 Å². The summed E-state index contributed by atoms with van der Waals surface area (Å²) >= 11 is 0. The van der Waals surface area contributed by atoms with Crippen molar-refractivity contribution < 1.29 is 5.11 Å². The first-order valence-corrected chi connectivity index (χ1v) is 4.48. The minimum Gasteiger partial charge on any atom is -0.389 e. The van der Waals surface area contributed by atoms with Crippen LogP contribution in [0.2, 0.25) is 0 Å². The summed E-state index contributed by atoms with van der Waals surface area (Å²) in [7, 11) is 1.80. The highest BCUT2D eigenvalue weighted by Gasteiger charge is 1.98. The molecule has 2 N–H and O–H groups in total. The lowest BCUT2D eigenvalue weighted by Gasteiger charge is -2.07. The fourth-order valence-electron chi connectivity index (χ4n) is 0.831. The van der Waals surface area contributed by atoms with Gasteiger partial charge in [-0.15, -0.1) is 0 Å². The zero-order valence-electron chi connectivity index (χ0n) is 8.83. The predicted molar refractivity (Wildman–Crippen MR) is 57.4 cm³/mol. The lowest BCUT2D eigenvalue weighted by Crippen LogP contribution is -2.17. The Balaban J connectivity index is 4.30. The van der Waals surface area contributed by atoms with Crippen molar-refractivity contribution in [3.05, 3.63) is 35.6 Å². The Morgan fingerprint density at radius 1 is 1.46 bits per heavy atom. The molecule has 0 spiro atoms. The van der Waals surface area contributed by atoms with Gasteiger partial charge < -0.3 is 10.4 Å². The fraction of sp³-hybridized carbons (Fsp3) is 0.455.